The largest absolute Gasteiger partial charge is 0.460 e. The molecule has 0 aromatic heterocycles. The average Bonchev–Trinajstić information content (AvgIpc) is 2.45. The van der Waals surface area contributed by atoms with Crippen LogP contribution in [0.5, 0.6) is 5.75 Å². The maximum absolute atomic E-state index is 13.4. The molecular weight excluding hydrogens is 417 g/mol. The van der Waals surface area contributed by atoms with Crippen LogP contribution in [0.1, 0.15) is 0 Å². The van der Waals surface area contributed by atoms with E-state index in [-0.39, 0.29) is 0 Å². The summed E-state index contributed by atoms with van der Waals surface area (Å²) in [4.78, 5) is 9.16. The summed E-state index contributed by atoms with van der Waals surface area (Å²) >= 11 is 0. The number of hydrogen-bond acceptors (Lipinski definition) is 5. The zero-order chi connectivity index (χ0) is 20.8. The van der Waals surface area contributed by atoms with Gasteiger partial charge in [-0.2, -0.15) is 47.9 Å². The molecule has 148 valence electrons. The van der Waals surface area contributed by atoms with Crippen LogP contribution in [0.25, 0.3) is 0 Å². The second-order valence-electron chi connectivity index (χ2n) is 4.43. The van der Waals surface area contributed by atoms with Gasteiger partial charge in [-0.05, 0) is 6.07 Å². The molecule has 0 saturated carbocycles. The number of alkyl halides is 9. The van der Waals surface area contributed by atoms with Gasteiger partial charge in [-0.25, -0.2) is 0 Å². The van der Waals surface area contributed by atoms with E-state index < -0.39 is 49.8 Å². The molecule has 1 rings (SSSR count). The fraction of sp³-hybridized carbons (Fsp3) is 0.400. The van der Waals surface area contributed by atoms with Crippen LogP contribution >= 0.6 is 0 Å². The van der Waals surface area contributed by atoms with Crippen molar-refractivity contribution >= 4 is 15.8 Å². The molecule has 26 heavy (non-hydrogen) atoms. The second kappa shape index (κ2) is 6.17. The summed E-state index contributed by atoms with van der Waals surface area (Å²) in [6.07, 6.45) is -7.24. The van der Waals surface area contributed by atoms with Crippen LogP contribution in [0.4, 0.5) is 45.2 Å². The van der Waals surface area contributed by atoms with E-state index in [0.29, 0.717) is 12.1 Å². The zero-order valence-corrected chi connectivity index (χ0v) is 12.4. The van der Waals surface area contributed by atoms with Crippen LogP contribution in [0.15, 0.2) is 24.3 Å². The van der Waals surface area contributed by atoms with E-state index in [0.717, 1.165) is 12.1 Å². The molecule has 0 aliphatic heterocycles. The zero-order valence-electron chi connectivity index (χ0n) is 11.6. The van der Waals surface area contributed by atoms with E-state index in [1.54, 1.807) is 0 Å². The monoisotopic (exact) mass is 421 g/mol. The van der Waals surface area contributed by atoms with Crippen LogP contribution in [0.3, 0.4) is 0 Å². The molecule has 0 amide bonds. The number of nitro benzene ring substituents is 1. The van der Waals surface area contributed by atoms with Crippen LogP contribution in [0.2, 0.25) is 0 Å². The Bertz CT molecular complexity index is 805. The van der Waals surface area contributed by atoms with Crippen LogP contribution in [0, 0.1) is 10.1 Å². The van der Waals surface area contributed by atoms with Gasteiger partial charge in [0.25, 0.3) is 0 Å². The number of nitrogens with zero attached hydrogens (tertiary/aromatic N) is 1. The topological polar surface area (TPSA) is 86.5 Å². The Morgan fingerprint density at radius 1 is 0.885 bits per heavy atom. The lowest BCUT2D eigenvalue weighted by atomic mass is 10.1. The van der Waals surface area contributed by atoms with E-state index in [2.05, 4.69) is 4.18 Å². The maximum atomic E-state index is 13.4. The predicted molar refractivity (Wildman–Crippen MR) is 63.5 cm³/mol. The predicted octanol–water partition coefficient (Wildman–Crippen LogP) is 3.73. The van der Waals surface area contributed by atoms with Gasteiger partial charge in [0.05, 0.1) is 4.92 Å². The lowest BCUT2D eigenvalue weighted by Crippen LogP contribution is -2.63. The number of rotatable bonds is 6. The average molecular weight is 421 g/mol. The normalized spacial score (nSPS) is 14.2. The van der Waals surface area contributed by atoms with Crippen molar-refractivity contribution in [1.82, 2.24) is 0 Å². The molecule has 0 heterocycles. The van der Waals surface area contributed by atoms with Gasteiger partial charge < -0.3 is 4.18 Å². The summed E-state index contributed by atoms with van der Waals surface area (Å²) in [7, 11) is -7.24. The quantitative estimate of drug-likeness (QED) is 0.303. The first-order valence-electron chi connectivity index (χ1n) is 5.78. The summed E-state index contributed by atoms with van der Waals surface area (Å²) in [5, 5.41) is 3.46. The molecule has 0 N–H and O–H groups in total. The van der Waals surface area contributed by atoms with Crippen molar-refractivity contribution in [2.75, 3.05) is 0 Å². The summed E-state index contributed by atoms with van der Waals surface area (Å²) in [6.45, 7) is 0. The standard InChI is InChI=1S/C10H4F9NO5S/c11-7(12,9(15,16)17)8(13,14)10(18,19)26(23,24)25-6-4-2-1-3-5(6)20(21)22/h1-4H. The van der Waals surface area contributed by atoms with Crippen molar-refractivity contribution < 1.29 is 57.0 Å². The smallest absolute Gasteiger partial charge is 0.371 e. The van der Waals surface area contributed by atoms with Crippen molar-refractivity contribution in [3.8, 4) is 5.75 Å². The molecule has 0 atom stereocenters. The summed E-state index contributed by atoms with van der Waals surface area (Å²) in [6, 6.07) is 2.39. The third-order valence-electron chi connectivity index (χ3n) is 2.69. The van der Waals surface area contributed by atoms with Gasteiger partial charge in [0.2, 0.25) is 5.75 Å². The second-order valence-corrected chi connectivity index (χ2v) is 6.01. The van der Waals surface area contributed by atoms with E-state index in [4.69, 9.17) is 0 Å². The number of para-hydroxylation sites is 2. The molecule has 0 aliphatic rings. The van der Waals surface area contributed by atoms with Gasteiger partial charge in [-0.1, -0.05) is 12.1 Å². The maximum Gasteiger partial charge on any atom is 0.460 e. The van der Waals surface area contributed by atoms with Crippen molar-refractivity contribution in [3.63, 3.8) is 0 Å². The number of nitro groups is 1. The summed E-state index contributed by atoms with van der Waals surface area (Å²) in [5.74, 6) is -16.6. The highest BCUT2D eigenvalue weighted by molar-refractivity contribution is 7.88. The Labute approximate surface area is 137 Å². The van der Waals surface area contributed by atoms with E-state index in [1.165, 1.54) is 0 Å². The molecule has 1 aromatic rings. The van der Waals surface area contributed by atoms with Gasteiger partial charge in [0, 0.05) is 6.07 Å². The van der Waals surface area contributed by atoms with Crippen molar-refractivity contribution in [3.05, 3.63) is 34.4 Å². The van der Waals surface area contributed by atoms with E-state index in [1.807, 2.05) is 0 Å². The van der Waals surface area contributed by atoms with Gasteiger partial charge in [0.1, 0.15) is 0 Å². The molecule has 0 fully saturated rings. The molecule has 0 spiro atoms. The lowest BCUT2D eigenvalue weighted by Gasteiger charge is -2.32. The molecule has 6 nitrogen and oxygen atoms in total. The fourth-order valence-corrected chi connectivity index (χ4v) is 2.29. The van der Waals surface area contributed by atoms with Gasteiger partial charge in [0.15, 0.2) is 0 Å². The molecule has 0 saturated heterocycles. The molecule has 0 radical (unpaired) electrons. The first-order chi connectivity index (χ1) is 11.4. The van der Waals surface area contributed by atoms with Gasteiger partial charge in [-0.3, -0.25) is 10.1 Å². The Balaban J connectivity index is 3.46. The lowest BCUT2D eigenvalue weighted by molar-refractivity contribution is -0.386. The summed E-state index contributed by atoms with van der Waals surface area (Å²) in [5.41, 5.74) is -1.36. The van der Waals surface area contributed by atoms with Crippen molar-refractivity contribution in [2.45, 2.75) is 23.3 Å². The Morgan fingerprint density at radius 2 is 1.35 bits per heavy atom. The molecule has 0 bridgehead atoms. The molecular formula is C10H4F9NO5S. The van der Waals surface area contributed by atoms with Gasteiger partial charge >= 0.3 is 39.1 Å². The third kappa shape index (κ3) is 3.24. The third-order valence-corrected chi connectivity index (χ3v) is 3.97. The van der Waals surface area contributed by atoms with Crippen molar-refractivity contribution in [1.29, 1.82) is 0 Å². The molecule has 16 heteroatoms. The molecule has 0 aliphatic carbocycles. The first kappa shape index (κ1) is 21.8. The molecule has 1 aromatic carbocycles. The minimum absolute atomic E-state index is 0.311. The van der Waals surface area contributed by atoms with Crippen LogP contribution < -0.4 is 4.18 Å². The minimum Gasteiger partial charge on any atom is -0.371 e. The van der Waals surface area contributed by atoms with Crippen LogP contribution in [-0.2, 0) is 10.1 Å². The SMILES string of the molecule is O=[N+]([O-])c1ccccc1OS(=O)(=O)C(F)(F)C(F)(F)C(F)(F)C(F)(F)F. The van der Waals surface area contributed by atoms with Crippen molar-refractivity contribution in [2.24, 2.45) is 0 Å². The Morgan fingerprint density at radius 3 is 1.77 bits per heavy atom. The highest BCUT2D eigenvalue weighted by Gasteiger charge is 2.86. The minimum atomic E-state index is -7.50. The number of benzene rings is 1. The Kier molecular flexibility index (Phi) is 5.17. The molecule has 0 unspecified atom stereocenters. The summed E-state index contributed by atoms with van der Waals surface area (Å²) < 4.78 is 140. The highest BCUT2D eigenvalue weighted by atomic mass is 32.2. The van der Waals surface area contributed by atoms with E-state index >= 15 is 0 Å². The first-order valence-corrected chi connectivity index (χ1v) is 7.18. The Hall–Kier alpha value is -2.26. The fourth-order valence-electron chi connectivity index (χ4n) is 1.37. The number of hydrogen-bond donors (Lipinski definition) is 0. The van der Waals surface area contributed by atoms with Crippen LogP contribution in [-0.4, -0.2) is 36.6 Å². The highest BCUT2D eigenvalue weighted by Crippen LogP contribution is 2.55. The van der Waals surface area contributed by atoms with E-state index in [9.17, 15) is 58.0 Å². The number of halogens is 9. The van der Waals surface area contributed by atoms with Gasteiger partial charge in [-0.15, -0.1) is 0 Å².